The highest BCUT2D eigenvalue weighted by Gasteiger charge is 2.17. The third-order valence-corrected chi connectivity index (χ3v) is 4.93. The Morgan fingerprint density at radius 2 is 1.46 bits per heavy atom. The molecule has 3 rings (SSSR count). The van der Waals surface area contributed by atoms with E-state index in [4.69, 9.17) is 9.47 Å². The van der Waals surface area contributed by atoms with Crippen molar-refractivity contribution >= 4 is 15.7 Å². The number of nitrogens with one attached hydrogen (secondary N) is 1. The Morgan fingerprint density at radius 1 is 0.808 bits per heavy atom. The van der Waals surface area contributed by atoms with Gasteiger partial charge in [0, 0.05) is 0 Å². The Morgan fingerprint density at radius 3 is 2.15 bits per heavy atom. The van der Waals surface area contributed by atoms with Crippen LogP contribution >= 0.6 is 0 Å². The summed E-state index contributed by atoms with van der Waals surface area (Å²) in [5.74, 6) is 1.67. The Labute approximate surface area is 153 Å². The fourth-order valence-electron chi connectivity index (χ4n) is 2.34. The highest BCUT2D eigenvalue weighted by molar-refractivity contribution is 7.92. The van der Waals surface area contributed by atoms with E-state index in [2.05, 4.69) is 4.72 Å². The lowest BCUT2D eigenvalue weighted by Gasteiger charge is -2.13. The molecule has 0 spiro atoms. The molecule has 1 N–H and O–H groups in total. The van der Waals surface area contributed by atoms with Gasteiger partial charge in [-0.15, -0.1) is 0 Å². The van der Waals surface area contributed by atoms with E-state index in [0.29, 0.717) is 29.5 Å². The summed E-state index contributed by atoms with van der Waals surface area (Å²) in [6.45, 7) is 2.39. The Hall–Kier alpha value is -2.99. The highest BCUT2D eigenvalue weighted by atomic mass is 32.2. The number of hydrogen-bond acceptors (Lipinski definition) is 4. The molecule has 3 aromatic carbocycles. The summed E-state index contributed by atoms with van der Waals surface area (Å²) in [7, 11) is -3.75. The molecule has 0 unspecified atom stereocenters. The molecule has 3 aromatic rings. The number of ether oxygens (including phenoxy) is 2. The number of anilines is 1. The molecule has 0 bridgehead atoms. The maximum atomic E-state index is 12.7. The van der Waals surface area contributed by atoms with Crippen molar-refractivity contribution in [3.05, 3.63) is 78.9 Å². The van der Waals surface area contributed by atoms with Crippen molar-refractivity contribution in [2.45, 2.75) is 11.8 Å². The lowest BCUT2D eigenvalue weighted by atomic mass is 10.3. The van der Waals surface area contributed by atoms with Crippen LogP contribution in [0.2, 0.25) is 0 Å². The van der Waals surface area contributed by atoms with E-state index < -0.39 is 10.0 Å². The van der Waals surface area contributed by atoms with Crippen LogP contribution in [0.4, 0.5) is 5.69 Å². The molecule has 0 aliphatic heterocycles. The number of hydrogen-bond donors (Lipinski definition) is 1. The van der Waals surface area contributed by atoms with Crippen molar-refractivity contribution < 1.29 is 17.9 Å². The van der Waals surface area contributed by atoms with E-state index in [9.17, 15) is 8.42 Å². The van der Waals surface area contributed by atoms with E-state index in [-0.39, 0.29) is 4.90 Å². The highest BCUT2D eigenvalue weighted by Crippen LogP contribution is 2.31. The maximum absolute atomic E-state index is 12.7. The first-order valence-electron chi connectivity index (χ1n) is 8.16. The fraction of sp³-hybridized carbons (Fsp3) is 0.100. The lowest BCUT2D eigenvalue weighted by Crippen LogP contribution is -2.13. The fourth-order valence-corrected chi connectivity index (χ4v) is 3.41. The zero-order chi connectivity index (χ0) is 18.4. The molecule has 0 heterocycles. The quantitative estimate of drug-likeness (QED) is 0.657. The van der Waals surface area contributed by atoms with Crippen LogP contribution < -0.4 is 14.2 Å². The average Bonchev–Trinajstić information content (AvgIpc) is 2.65. The molecule has 0 atom stereocenters. The zero-order valence-electron chi connectivity index (χ0n) is 14.3. The van der Waals surface area contributed by atoms with E-state index in [0.717, 1.165) is 0 Å². The monoisotopic (exact) mass is 369 g/mol. The number of para-hydroxylation sites is 3. The third kappa shape index (κ3) is 4.34. The molecular weight excluding hydrogens is 350 g/mol. The van der Waals surface area contributed by atoms with Gasteiger partial charge in [-0.1, -0.05) is 30.3 Å². The van der Waals surface area contributed by atoms with Crippen molar-refractivity contribution in [2.75, 3.05) is 11.3 Å². The first-order valence-corrected chi connectivity index (χ1v) is 9.64. The predicted molar refractivity (Wildman–Crippen MR) is 101 cm³/mol. The largest absolute Gasteiger partial charge is 0.494 e. The second kappa shape index (κ2) is 7.93. The van der Waals surface area contributed by atoms with E-state index in [1.54, 1.807) is 48.5 Å². The van der Waals surface area contributed by atoms with Crippen LogP contribution in [0.3, 0.4) is 0 Å². The molecule has 6 heteroatoms. The minimum atomic E-state index is -3.75. The van der Waals surface area contributed by atoms with E-state index in [1.165, 1.54) is 12.1 Å². The summed E-state index contributed by atoms with van der Waals surface area (Å²) in [6, 6.07) is 22.4. The van der Waals surface area contributed by atoms with Crippen LogP contribution in [0.5, 0.6) is 17.2 Å². The SMILES string of the molecule is CCOc1ccc(S(=O)(=O)Nc2ccccc2Oc2ccccc2)cc1. The van der Waals surface area contributed by atoms with Gasteiger partial charge in [0.2, 0.25) is 0 Å². The second-order valence-corrected chi connectivity index (χ2v) is 7.10. The summed E-state index contributed by atoms with van der Waals surface area (Å²) >= 11 is 0. The van der Waals surface area contributed by atoms with Crippen LogP contribution in [0.1, 0.15) is 6.92 Å². The second-order valence-electron chi connectivity index (χ2n) is 5.42. The molecule has 0 aliphatic rings. The number of sulfonamides is 1. The standard InChI is InChI=1S/C20H19NO4S/c1-2-24-16-12-14-18(15-13-16)26(22,23)21-19-10-6-7-11-20(19)25-17-8-4-3-5-9-17/h3-15,21H,2H2,1H3. The van der Waals surface area contributed by atoms with Gasteiger partial charge in [-0.05, 0) is 55.5 Å². The third-order valence-electron chi connectivity index (χ3n) is 3.55. The summed E-state index contributed by atoms with van der Waals surface area (Å²) in [5, 5.41) is 0. The molecule has 0 saturated heterocycles. The van der Waals surface area contributed by atoms with Gasteiger partial charge >= 0.3 is 0 Å². The normalized spacial score (nSPS) is 11.0. The number of benzene rings is 3. The van der Waals surface area contributed by atoms with E-state index in [1.807, 2.05) is 25.1 Å². The Balaban J connectivity index is 1.83. The van der Waals surface area contributed by atoms with Crippen LogP contribution in [-0.4, -0.2) is 15.0 Å². The summed E-state index contributed by atoms with van der Waals surface area (Å²) < 4.78 is 39.1. The maximum Gasteiger partial charge on any atom is 0.262 e. The summed E-state index contributed by atoms with van der Waals surface area (Å²) in [6.07, 6.45) is 0. The summed E-state index contributed by atoms with van der Waals surface area (Å²) in [4.78, 5) is 0.149. The molecule has 0 aliphatic carbocycles. The Kier molecular flexibility index (Phi) is 5.43. The van der Waals surface area contributed by atoms with Gasteiger partial charge in [0.1, 0.15) is 11.5 Å². The van der Waals surface area contributed by atoms with Gasteiger partial charge in [-0.25, -0.2) is 8.42 Å². The molecule has 5 nitrogen and oxygen atoms in total. The smallest absolute Gasteiger partial charge is 0.262 e. The van der Waals surface area contributed by atoms with E-state index >= 15 is 0 Å². The van der Waals surface area contributed by atoms with Gasteiger partial charge in [-0.3, -0.25) is 4.72 Å². The average molecular weight is 369 g/mol. The van der Waals surface area contributed by atoms with Gasteiger partial charge in [0.15, 0.2) is 5.75 Å². The van der Waals surface area contributed by atoms with Crippen molar-refractivity contribution in [3.63, 3.8) is 0 Å². The van der Waals surface area contributed by atoms with Gasteiger partial charge < -0.3 is 9.47 Å². The predicted octanol–water partition coefficient (Wildman–Crippen LogP) is 4.68. The van der Waals surface area contributed by atoms with Crippen LogP contribution in [0.25, 0.3) is 0 Å². The summed E-state index contributed by atoms with van der Waals surface area (Å²) in [5.41, 5.74) is 0.366. The van der Waals surface area contributed by atoms with Gasteiger partial charge in [0.05, 0.1) is 17.2 Å². The molecule has 0 amide bonds. The molecule has 134 valence electrons. The molecule has 26 heavy (non-hydrogen) atoms. The molecule has 0 fully saturated rings. The van der Waals surface area contributed by atoms with Crippen LogP contribution in [0, 0.1) is 0 Å². The van der Waals surface area contributed by atoms with Crippen LogP contribution in [-0.2, 0) is 10.0 Å². The first-order chi connectivity index (χ1) is 12.6. The van der Waals surface area contributed by atoms with Crippen molar-refractivity contribution in [1.29, 1.82) is 0 Å². The zero-order valence-corrected chi connectivity index (χ0v) is 15.1. The van der Waals surface area contributed by atoms with Crippen molar-refractivity contribution in [1.82, 2.24) is 0 Å². The topological polar surface area (TPSA) is 64.6 Å². The molecule has 0 radical (unpaired) electrons. The number of rotatable bonds is 7. The minimum absolute atomic E-state index is 0.149. The molecule has 0 aromatic heterocycles. The Bertz CT molecular complexity index is 955. The first kappa shape index (κ1) is 17.8. The molecular formula is C20H19NO4S. The van der Waals surface area contributed by atoms with Gasteiger partial charge in [-0.2, -0.15) is 0 Å². The minimum Gasteiger partial charge on any atom is -0.494 e. The van der Waals surface area contributed by atoms with Crippen LogP contribution in [0.15, 0.2) is 83.8 Å². The van der Waals surface area contributed by atoms with Crippen molar-refractivity contribution in [2.24, 2.45) is 0 Å². The lowest BCUT2D eigenvalue weighted by molar-refractivity contribution is 0.340. The van der Waals surface area contributed by atoms with Gasteiger partial charge in [0.25, 0.3) is 10.0 Å². The van der Waals surface area contributed by atoms with Crippen molar-refractivity contribution in [3.8, 4) is 17.2 Å². The molecule has 0 saturated carbocycles.